The van der Waals surface area contributed by atoms with E-state index in [1.807, 2.05) is 30.3 Å². The van der Waals surface area contributed by atoms with Crippen molar-refractivity contribution in [2.45, 2.75) is 0 Å². The number of pyridine rings is 1. The van der Waals surface area contributed by atoms with Crippen molar-refractivity contribution in [1.29, 1.82) is 0 Å². The van der Waals surface area contributed by atoms with E-state index in [9.17, 15) is 9.90 Å². The summed E-state index contributed by atoms with van der Waals surface area (Å²) in [6.07, 6.45) is 1.38. The van der Waals surface area contributed by atoms with E-state index < -0.39 is 5.91 Å². The molecule has 9 heteroatoms. The van der Waals surface area contributed by atoms with Gasteiger partial charge in [0.15, 0.2) is 33.8 Å². The van der Waals surface area contributed by atoms with Gasteiger partial charge in [0.1, 0.15) is 5.75 Å². The number of para-hydroxylation sites is 2. The van der Waals surface area contributed by atoms with Crippen LogP contribution in [0.2, 0.25) is 0 Å². The molecule has 0 aliphatic carbocycles. The molecule has 0 aliphatic heterocycles. The summed E-state index contributed by atoms with van der Waals surface area (Å²) < 4.78 is 17.0. The van der Waals surface area contributed by atoms with Gasteiger partial charge in [0, 0.05) is 18.3 Å². The van der Waals surface area contributed by atoms with E-state index in [2.05, 4.69) is 15.3 Å². The number of nitrogens with one attached hydrogen (secondary N) is 1. The molecule has 1 amide bonds. The monoisotopic (exact) mass is 423 g/mol. The third kappa shape index (κ3) is 3.83. The van der Waals surface area contributed by atoms with E-state index in [4.69, 9.17) is 14.2 Å². The molecule has 0 saturated heterocycles. The van der Waals surface area contributed by atoms with Gasteiger partial charge in [-0.3, -0.25) is 10.1 Å². The number of fused-ring (bicyclic) bond motifs is 1. The van der Waals surface area contributed by atoms with Gasteiger partial charge in [0.2, 0.25) is 0 Å². The molecule has 2 heterocycles. The van der Waals surface area contributed by atoms with E-state index in [0.717, 1.165) is 4.70 Å². The van der Waals surface area contributed by atoms with E-state index in [0.29, 0.717) is 27.9 Å². The highest BCUT2D eigenvalue weighted by atomic mass is 32.1. The molecule has 4 aromatic rings. The molecule has 0 bridgehead atoms. The molecule has 2 aromatic heterocycles. The number of carbonyl (C=O) groups is 1. The van der Waals surface area contributed by atoms with Crippen molar-refractivity contribution in [2.75, 3.05) is 19.5 Å². The summed E-state index contributed by atoms with van der Waals surface area (Å²) in [5.41, 5.74) is 0.555. The van der Waals surface area contributed by atoms with Gasteiger partial charge in [-0.15, -0.1) is 0 Å². The number of benzene rings is 2. The quantitative estimate of drug-likeness (QED) is 0.472. The normalized spacial score (nSPS) is 10.6. The molecule has 8 nitrogen and oxygen atoms in total. The molecule has 0 aliphatic rings. The number of nitrogens with zero attached hydrogens (tertiary/aromatic N) is 2. The third-order valence-electron chi connectivity index (χ3n) is 4.20. The first kappa shape index (κ1) is 19.5. The Morgan fingerprint density at radius 3 is 2.57 bits per heavy atom. The summed E-state index contributed by atoms with van der Waals surface area (Å²) in [5.74, 6) is 1.08. The largest absolute Gasteiger partial charge is 0.503 e. The molecule has 0 unspecified atom stereocenters. The number of rotatable bonds is 6. The maximum absolute atomic E-state index is 12.5. The van der Waals surface area contributed by atoms with Crippen LogP contribution in [0.4, 0.5) is 5.13 Å². The number of ether oxygens (including phenoxy) is 3. The van der Waals surface area contributed by atoms with Gasteiger partial charge >= 0.3 is 0 Å². The number of aromatic hydroxyl groups is 1. The number of methoxy groups -OCH3 is 2. The highest BCUT2D eigenvalue weighted by molar-refractivity contribution is 7.22. The van der Waals surface area contributed by atoms with Crippen LogP contribution in [0.15, 0.2) is 54.7 Å². The lowest BCUT2D eigenvalue weighted by Gasteiger charge is -2.09. The fourth-order valence-corrected chi connectivity index (χ4v) is 3.66. The fourth-order valence-electron chi connectivity index (χ4n) is 2.78. The molecular formula is C21H17N3O5S. The van der Waals surface area contributed by atoms with Crippen molar-refractivity contribution in [1.82, 2.24) is 9.97 Å². The lowest BCUT2D eigenvalue weighted by atomic mass is 10.3. The van der Waals surface area contributed by atoms with Crippen LogP contribution in [-0.2, 0) is 0 Å². The maximum atomic E-state index is 12.5. The van der Waals surface area contributed by atoms with Gasteiger partial charge in [-0.1, -0.05) is 23.5 Å². The second-order valence-electron chi connectivity index (χ2n) is 6.07. The number of hydrogen-bond donors (Lipinski definition) is 2. The van der Waals surface area contributed by atoms with Crippen LogP contribution in [0.3, 0.4) is 0 Å². The highest BCUT2D eigenvalue weighted by Crippen LogP contribution is 2.35. The number of hydrogen-bond acceptors (Lipinski definition) is 8. The number of amides is 1. The summed E-state index contributed by atoms with van der Waals surface area (Å²) in [5, 5.41) is 13.1. The van der Waals surface area contributed by atoms with Crippen LogP contribution >= 0.6 is 11.3 Å². The smallest absolute Gasteiger partial charge is 0.280 e. The Labute approximate surface area is 175 Å². The Morgan fingerprint density at radius 2 is 1.80 bits per heavy atom. The molecule has 0 saturated carbocycles. The second-order valence-corrected chi connectivity index (χ2v) is 7.10. The van der Waals surface area contributed by atoms with Gasteiger partial charge < -0.3 is 19.3 Å². The summed E-state index contributed by atoms with van der Waals surface area (Å²) in [6.45, 7) is 0. The molecule has 30 heavy (non-hydrogen) atoms. The van der Waals surface area contributed by atoms with Crippen LogP contribution in [0.1, 0.15) is 10.5 Å². The summed E-state index contributed by atoms with van der Waals surface area (Å²) >= 11 is 1.28. The lowest BCUT2D eigenvalue weighted by Crippen LogP contribution is -2.13. The van der Waals surface area contributed by atoms with Crippen LogP contribution in [-0.4, -0.2) is 35.2 Å². The predicted octanol–water partition coefficient (Wildman–Crippen LogP) is 4.46. The zero-order valence-electron chi connectivity index (χ0n) is 16.1. The SMILES string of the molecule is COc1ccccc1Oc1ccc2nc(NC(=O)c3nccc(OC)c3O)sc2c1. The first-order valence-electron chi connectivity index (χ1n) is 8.84. The average Bonchev–Trinajstić information content (AvgIpc) is 3.15. The van der Waals surface area contributed by atoms with Crippen LogP contribution in [0.5, 0.6) is 28.7 Å². The minimum Gasteiger partial charge on any atom is -0.503 e. The average molecular weight is 423 g/mol. The minimum atomic E-state index is -0.587. The summed E-state index contributed by atoms with van der Waals surface area (Å²) in [4.78, 5) is 20.8. The van der Waals surface area contributed by atoms with Crippen LogP contribution in [0.25, 0.3) is 10.2 Å². The van der Waals surface area contributed by atoms with Crippen LogP contribution < -0.4 is 19.5 Å². The zero-order valence-corrected chi connectivity index (χ0v) is 16.9. The first-order chi connectivity index (χ1) is 14.6. The standard InChI is InChI=1S/C21H17N3O5S/c1-27-14-5-3-4-6-15(14)29-12-7-8-13-17(11-12)30-21(23-13)24-20(26)18-19(25)16(28-2)9-10-22-18/h3-11,25H,1-2H3,(H,23,24,26). The van der Waals surface area contributed by atoms with Crippen molar-refractivity contribution < 1.29 is 24.1 Å². The minimum absolute atomic E-state index is 0.145. The predicted molar refractivity (Wildman–Crippen MR) is 113 cm³/mol. The number of carbonyl (C=O) groups excluding carboxylic acids is 1. The Bertz CT molecular complexity index is 1220. The van der Waals surface area contributed by atoms with Gasteiger partial charge in [0.05, 0.1) is 24.4 Å². The second kappa shape index (κ2) is 8.26. The third-order valence-corrected chi connectivity index (χ3v) is 5.13. The zero-order chi connectivity index (χ0) is 21.1. The maximum Gasteiger partial charge on any atom is 0.280 e. The van der Waals surface area contributed by atoms with Gasteiger partial charge in [0.25, 0.3) is 5.91 Å². The molecule has 0 fully saturated rings. The molecule has 0 spiro atoms. The van der Waals surface area contributed by atoms with Gasteiger partial charge in [-0.05, 0) is 24.3 Å². The Balaban J connectivity index is 1.56. The fraction of sp³-hybridized carbons (Fsp3) is 0.0952. The van der Waals surface area contributed by atoms with E-state index in [1.165, 1.54) is 30.7 Å². The van der Waals surface area contributed by atoms with Crippen molar-refractivity contribution in [3.05, 3.63) is 60.4 Å². The van der Waals surface area contributed by atoms with Crippen molar-refractivity contribution in [3.8, 4) is 28.7 Å². The van der Waals surface area contributed by atoms with Gasteiger partial charge in [-0.25, -0.2) is 9.97 Å². The summed E-state index contributed by atoms with van der Waals surface area (Å²) in [7, 11) is 2.98. The highest BCUT2D eigenvalue weighted by Gasteiger charge is 2.18. The Morgan fingerprint density at radius 1 is 1.03 bits per heavy atom. The molecule has 2 N–H and O–H groups in total. The Hall–Kier alpha value is -3.85. The molecule has 4 rings (SSSR count). The number of anilines is 1. The van der Waals surface area contributed by atoms with Gasteiger partial charge in [-0.2, -0.15) is 0 Å². The molecule has 2 aromatic carbocycles. The van der Waals surface area contributed by atoms with E-state index in [1.54, 1.807) is 19.2 Å². The van der Waals surface area contributed by atoms with Crippen molar-refractivity contribution in [3.63, 3.8) is 0 Å². The molecule has 0 radical (unpaired) electrons. The molecule has 0 atom stereocenters. The molecular weight excluding hydrogens is 406 g/mol. The van der Waals surface area contributed by atoms with E-state index >= 15 is 0 Å². The van der Waals surface area contributed by atoms with Crippen LogP contribution in [0, 0.1) is 0 Å². The topological polar surface area (TPSA) is 103 Å². The lowest BCUT2D eigenvalue weighted by molar-refractivity contribution is 0.101. The van der Waals surface area contributed by atoms with Crippen molar-refractivity contribution >= 4 is 32.6 Å². The number of thiazole rings is 1. The Kier molecular flexibility index (Phi) is 5.36. The molecule has 152 valence electrons. The number of aromatic nitrogens is 2. The first-order valence-corrected chi connectivity index (χ1v) is 9.65. The van der Waals surface area contributed by atoms with Crippen molar-refractivity contribution in [2.24, 2.45) is 0 Å². The van der Waals surface area contributed by atoms with E-state index in [-0.39, 0.29) is 17.2 Å². The summed E-state index contributed by atoms with van der Waals surface area (Å²) in [6, 6.07) is 14.2.